The Morgan fingerprint density at radius 3 is 1.96 bits per heavy atom. The topological polar surface area (TPSA) is 51.6 Å². The largest absolute Gasteiger partial charge is 0.254 e. The maximum absolute atomic E-state index is 14.1. The molecule has 5 aromatic rings. The Hall–Kier alpha value is -3.21. The van der Waals surface area contributed by atoms with E-state index in [2.05, 4.69) is 19.9 Å². The molecule has 5 heteroatoms. The Morgan fingerprint density at radius 2 is 1.26 bits per heavy atom. The molecule has 2 aromatic carbocycles. The van der Waals surface area contributed by atoms with Crippen molar-refractivity contribution in [2.75, 3.05) is 0 Å². The van der Waals surface area contributed by atoms with E-state index in [1.165, 1.54) is 6.07 Å². The molecule has 5 rings (SSSR count). The first-order valence-electron chi connectivity index (χ1n) is 7.20. The molecule has 0 spiro atoms. The van der Waals surface area contributed by atoms with E-state index < -0.39 is 0 Å². The number of para-hydroxylation sites is 1. The van der Waals surface area contributed by atoms with Gasteiger partial charge in [-0.05, 0) is 36.4 Å². The van der Waals surface area contributed by atoms with Gasteiger partial charge in [-0.2, -0.15) is 0 Å². The quantitative estimate of drug-likeness (QED) is 0.320. The molecular weight excluding hydrogens is 291 g/mol. The van der Waals surface area contributed by atoms with Crippen LogP contribution in [0.3, 0.4) is 0 Å². The van der Waals surface area contributed by atoms with Crippen molar-refractivity contribution in [1.29, 1.82) is 0 Å². The predicted octanol–water partition coefficient (Wildman–Crippen LogP) is 4.02. The Balaban J connectivity index is 2.16. The summed E-state index contributed by atoms with van der Waals surface area (Å²) in [6, 6.07) is 12.4. The lowest BCUT2D eigenvalue weighted by molar-refractivity contribution is 0.637. The third kappa shape index (κ3) is 1.64. The SMILES string of the molecule is Fc1cccc2nc3c4cccnc4c4ncccc4c3nc12. The number of hydrogen-bond donors (Lipinski definition) is 0. The van der Waals surface area contributed by atoms with Crippen LogP contribution in [0.1, 0.15) is 0 Å². The molecule has 3 aromatic heterocycles. The van der Waals surface area contributed by atoms with Gasteiger partial charge in [-0.15, -0.1) is 0 Å². The van der Waals surface area contributed by atoms with Crippen LogP contribution in [-0.4, -0.2) is 19.9 Å². The number of halogens is 1. The van der Waals surface area contributed by atoms with Gasteiger partial charge in [0.15, 0.2) is 5.82 Å². The minimum atomic E-state index is -0.375. The van der Waals surface area contributed by atoms with Crippen LogP contribution in [0.25, 0.3) is 43.9 Å². The smallest absolute Gasteiger partial charge is 0.151 e. The van der Waals surface area contributed by atoms with Crippen LogP contribution in [0.4, 0.5) is 4.39 Å². The zero-order valence-corrected chi connectivity index (χ0v) is 11.9. The van der Waals surface area contributed by atoms with Crippen LogP contribution in [0.5, 0.6) is 0 Å². The molecule has 0 N–H and O–H groups in total. The molecule has 0 aliphatic rings. The van der Waals surface area contributed by atoms with E-state index >= 15 is 0 Å². The van der Waals surface area contributed by atoms with Crippen LogP contribution in [0, 0.1) is 5.82 Å². The normalized spacial score (nSPS) is 11.7. The van der Waals surface area contributed by atoms with Gasteiger partial charge in [-0.3, -0.25) is 9.97 Å². The lowest BCUT2D eigenvalue weighted by atomic mass is 10.1. The van der Waals surface area contributed by atoms with Gasteiger partial charge in [0.05, 0.1) is 27.6 Å². The van der Waals surface area contributed by atoms with E-state index in [1.54, 1.807) is 24.5 Å². The average Bonchev–Trinajstić information content (AvgIpc) is 2.61. The van der Waals surface area contributed by atoms with Crippen LogP contribution in [0.2, 0.25) is 0 Å². The van der Waals surface area contributed by atoms with Gasteiger partial charge in [0.2, 0.25) is 0 Å². The Morgan fingerprint density at radius 1 is 0.609 bits per heavy atom. The van der Waals surface area contributed by atoms with Gasteiger partial charge in [-0.25, -0.2) is 14.4 Å². The summed E-state index contributed by atoms with van der Waals surface area (Å²) in [6.45, 7) is 0. The van der Waals surface area contributed by atoms with Crippen LogP contribution in [0.15, 0.2) is 54.9 Å². The number of rotatable bonds is 0. The van der Waals surface area contributed by atoms with Crippen molar-refractivity contribution in [3.8, 4) is 0 Å². The second kappa shape index (κ2) is 4.39. The molecule has 0 atom stereocenters. The summed E-state index contributed by atoms with van der Waals surface area (Å²) in [6.07, 6.45) is 3.45. The van der Waals surface area contributed by atoms with Gasteiger partial charge >= 0.3 is 0 Å². The molecule has 0 saturated heterocycles. The first-order chi connectivity index (χ1) is 11.3. The van der Waals surface area contributed by atoms with Crippen molar-refractivity contribution >= 4 is 43.9 Å². The van der Waals surface area contributed by atoms with Crippen LogP contribution >= 0.6 is 0 Å². The van der Waals surface area contributed by atoms with Crippen LogP contribution in [-0.2, 0) is 0 Å². The molecule has 0 saturated carbocycles. The summed E-state index contributed by atoms with van der Waals surface area (Å²) in [4.78, 5) is 18.1. The Kier molecular flexibility index (Phi) is 2.36. The van der Waals surface area contributed by atoms with E-state index in [0.717, 1.165) is 21.8 Å². The number of pyridine rings is 2. The van der Waals surface area contributed by atoms with Gasteiger partial charge in [-0.1, -0.05) is 6.07 Å². The van der Waals surface area contributed by atoms with Crippen molar-refractivity contribution in [3.63, 3.8) is 0 Å². The summed E-state index contributed by atoms with van der Waals surface area (Å²) in [7, 11) is 0. The molecule has 108 valence electrons. The summed E-state index contributed by atoms with van der Waals surface area (Å²) in [5, 5.41) is 1.69. The summed E-state index contributed by atoms with van der Waals surface area (Å²) >= 11 is 0. The highest BCUT2D eigenvalue weighted by molar-refractivity contribution is 6.21. The molecule has 3 heterocycles. The zero-order valence-electron chi connectivity index (χ0n) is 11.9. The van der Waals surface area contributed by atoms with Gasteiger partial charge in [0.25, 0.3) is 0 Å². The zero-order chi connectivity index (χ0) is 15.4. The molecule has 0 bridgehead atoms. The molecular formula is C18H9FN4. The number of fused-ring (bicyclic) bond motifs is 7. The molecule has 0 aliphatic heterocycles. The van der Waals surface area contributed by atoms with E-state index in [9.17, 15) is 4.39 Å². The molecule has 23 heavy (non-hydrogen) atoms. The number of aromatic nitrogens is 4. The molecule has 4 nitrogen and oxygen atoms in total. The van der Waals surface area contributed by atoms with E-state index in [1.807, 2.05) is 24.3 Å². The van der Waals surface area contributed by atoms with E-state index in [-0.39, 0.29) is 11.3 Å². The summed E-state index contributed by atoms with van der Waals surface area (Å²) < 4.78 is 14.1. The third-order valence-electron chi connectivity index (χ3n) is 4.00. The van der Waals surface area contributed by atoms with Crippen molar-refractivity contribution in [2.45, 2.75) is 0 Å². The second-order valence-electron chi connectivity index (χ2n) is 5.33. The van der Waals surface area contributed by atoms with Crippen molar-refractivity contribution in [3.05, 3.63) is 60.7 Å². The lowest BCUT2D eigenvalue weighted by Crippen LogP contribution is -1.94. The first kappa shape index (κ1) is 12.3. The Labute approximate surface area is 129 Å². The molecule has 0 aliphatic carbocycles. The first-order valence-corrected chi connectivity index (χ1v) is 7.20. The molecule has 0 radical (unpaired) electrons. The monoisotopic (exact) mass is 300 g/mol. The minimum Gasteiger partial charge on any atom is -0.254 e. The van der Waals surface area contributed by atoms with Gasteiger partial charge < -0.3 is 0 Å². The number of nitrogens with zero attached hydrogens (tertiary/aromatic N) is 4. The lowest BCUT2D eigenvalue weighted by Gasteiger charge is -2.08. The molecule has 0 unspecified atom stereocenters. The van der Waals surface area contributed by atoms with Crippen LogP contribution < -0.4 is 0 Å². The van der Waals surface area contributed by atoms with Crippen molar-refractivity contribution in [2.24, 2.45) is 0 Å². The summed E-state index contributed by atoms with van der Waals surface area (Å²) in [5.74, 6) is -0.375. The maximum Gasteiger partial charge on any atom is 0.151 e. The maximum atomic E-state index is 14.1. The summed E-state index contributed by atoms with van der Waals surface area (Å²) in [5.41, 5.74) is 3.69. The van der Waals surface area contributed by atoms with Crippen molar-refractivity contribution < 1.29 is 4.39 Å². The van der Waals surface area contributed by atoms with Crippen molar-refractivity contribution in [1.82, 2.24) is 19.9 Å². The average molecular weight is 300 g/mol. The molecule has 0 fully saturated rings. The van der Waals surface area contributed by atoms with E-state index in [4.69, 9.17) is 0 Å². The number of benzene rings is 2. The fourth-order valence-corrected chi connectivity index (χ4v) is 2.99. The van der Waals surface area contributed by atoms with Gasteiger partial charge in [0, 0.05) is 23.2 Å². The van der Waals surface area contributed by atoms with E-state index in [0.29, 0.717) is 16.6 Å². The highest BCUT2D eigenvalue weighted by Gasteiger charge is 2.14. The minimum absolute atomic E-state index is 0.272. The third-order valence-corrected chi connectivity index (χ3v) is 4.00. The highest BCUT2D eigenvalue weighted by Crippen LogP contribution is 2.31. The predicted molar refractivity (Wildman–Crippen MR) is 87.6 cm³/mol. The Bertz CT molecular complexity index is 1230. The standard InChI is InChI=1S/C18H9FN4/c19-12-6-1-7-13-18(12)23-17-11-5-3-9-21-15(11)14-10(16(17)22-13)4-2-8-20-14/h1-9H. The highest BCUT2D eigenvalue weighted by atomic mass is 19.1. The fraction of sp³-hybridized carbons (Fsp3) is 0. The second-order valence-corrected chi connectivity index (χ2v) is 5.33. The molecule has 0 amide bonds. The number of hydrogen-bond acceptors (Lipinski definition) is 4. The fourth-order valence-electron chi connectivity index (χ4n) is 2.99. The van der Waals surface area contributed by atoms with Gasteiger partial charge in [0.1, 0.15) is 5.52 Å².